The predicted octanol–water partition coefficient (Wildman–Crippen LogP) is 2.48. The van der Waals surface area contributed by atoms with E-state index in [0.717, 1.165) is 19.5 Å². The Morgan fingerprint density at radius 3 is 2.50 bits per heavy atom. The third kappa shape index (κ3) is 4.50. The Balaban J connectivity index is 1.89. The molecule has 0 atom stereocenters. The predicted molar refractivity (Wildman–Crippen MR) is 90.1 cm³/mol. The van der Waals surface area contributed by atoms with Gasteiger partial charge in [0, 0.05) is 38.0 Å². The molecule has 4 nitrogen and oxygen atoms in total. The van der Waals surface area contributed by atoms with Crippen molar-refractivity contribution in [2.24, 2.45) is 0 Å². The molecule has 1 aromatic carbocycles. The Morgan fingerprint density at radius 2 is 1.77 bits per heavy atom. The van der Waals surface area contributed by atoms with Crippen molar-refractivity contribution in [1.29, 1.82) is 0 Å². The van der Waals surface area contributed by atoms with Crippen LogP contribution in [0.25, 0.3) is 0 Å². The standard InChI is InChI=1S/C17H24N2O2S/c1-13-5-6-14(2)16(11-13)22-12-17(21)19-8-4-7-18(9-10-19)15(3)20/h5-6,11H,4,7-10,12H2,1-3H3. The zero-order valence-electron chi connectivity index (χ0n) is 13.6. The molecule has 0 spiro atoms. The van der Waals surface area contributed by atoms with Crippen LogP contribution in [0.2, 0.25) is 0 Å². The molecular weight excluding hydrogens is 296 g/mol. The number of rotatable bonds is 3. The highest BCUT2D eigenvalue weighted by atomic mass is 32.2. The van der Waals surface area contributed by atoms with E-state index in [1.54, 1.807) is 18.7 Å². The summed E-state index contributed by atoms with van der Waals surface area (Å²) in [6.07, 6.45) is 0.861. The lowest BCUT2D eigenvalue weighted by atomic mass is 10.2. The van der Waals surface area contributed by atoms with Gasteiger partial charge in [0.15, 0.2) is 0 Å². The SMILES string of the molecule is CC(=O)N1CCCN(C(=O)CSc2cc(C)ccc2C)CC1. The molecule has 0 saturated carbocycles. The van der Waals surface area contributed by atoms with Gasteiger partial charge in [-0.3, -0.25) is 9.59 Å². The summed E-state index contributed by atoms with van der Waals surface area (Å²) < 4.78 is 0. The van der Waals surface area contributed by atoms with E-state index >= 15 is 0 Å². The van der Waals surface area contributed by atoms with Crippen molar-refractivity contribution in [3.63, 3.8) is 0 Å². The molecule has 0 N–H and O–H groups in total. The second-order valence-electron chi connectivity index (χ2n) is 5.80. The fourth-order valence-corrected chi connectivity index (χ4v) is 3.60. The van der Waals surface area contributed by atoms with Crippen molar-refractivity contribution in [1.82, 2.24) is 9.80 Å². The molecule has 0 unspecified atom stereocenters. The Kier molecular flexibility index (Phi) is 5.89. The third-order valence-corrected chi connectivity index (χ3v) is 5.13. The van der Waals surface area contributed by atoms with E-state index in [1.165, 1.54) is 16.0 Å². The first kappa shape index (κ1) is 16.9. The molecule has 1 aromatic rings. The molecule has 1 fully saturated rings. The summed E-state index contributed by atoms with van der Waals surface area (Å²) in [5.74, 6) is 0.722. The quantitative estimate of drug-likeness (QED) is 0.803. The summed E-state index contributed by atoms with van der Waals surface area (Å²) in [6.45, 7) is 8.52. The number of benzene rings is 1. The van der Waals surface area contributed by atoms with E-state index in [9.17, 15) is 9.59 Å². The molecule has 1 saturated heterocycles. The molecule has 0 aliphatic carbocycles. The highest BCUT2D eigenvalue weighted by molar-refractivity contribution is 8.00. The number of hydrogen-bond donors (Lipinski definition) is 0. The number of hydrogen-bond acceptors (Lipinski definition) is 3. The van der Waals surface area contributed by atoms with Gasteiger partial charge < -0.3 is 9.80 Å². The maximum atomic E-state index is 12.4. The summed E-state index contributed by atoms with van der Waals surface area (Å²) >= 11 is 1.61. The summed E-state index contributed by atoms with van der Waals surface area (Å²) in [7, 11) is 0. The average Bonchev–Trinajstić information content (AvgIpc) is 2.74. The smallest absolute Gasteiger partial charge is 0.232 e. The topological polar surface area (TPSA) is 40.6 Å². The summed E-state index contributed by atoms with van der Waals surface area (Å²) in [6, 6.07) is 6.32. The first-order chi connectivity index (χ1) is 10.5. The minimum absolute atomic E-state index is 0.0964. The fourth-order valence-electron chi connectivity index (χ4n) is 2.58. The first-order valence-electron chi connectivity index (χ1n) is 7.70. The molecule has 1 aliphatic heterocycles. The normalized spacial score (nSPS) is 15.6. The van der Waals surface area contributed by atoms with Gasteiger partial charge in [-0.15, -0.1) is 11.8 Å². The van der Waals surface area contributed by atoms with Crippen LogP contribution in [0.15, 0.2) is 23.1 Å². The number of aryl methyl sites for hydroxylation is 2. The fraction of sp³-hybridized carbons (Fsp3) is 0.529. The molecule has 1 aliphatic rings. The minimum atomic E-state index is 0.0964. The summed E-state index contributed by atoms with van der Waals surface area (Å²) in [4.78, 5) is 28.7. The van der Waals surface area contributed by atoms with Crippen molar-refractivity contribution >= 4 is 23.6 Å². The van der Waals surface area contributed by atoms with Gasteiger partial charge in [-0.2, -0.15) is 0 Å². The van der Waals surface area contributed by atoms with Crippen LogP contribution >= 0.6 is 11.8 Å². The lowest BCUT2D eigenvalue weighted by Crippen LogP contribution is -2.37. The van der Waals surface area contributed by atoms with Crippen LogP contribution < -0.4 is 0 Å². The highest BCUT2D eigenvalue weighted by Gasteiger charge is 2.20. The largest absolute Gasteiger partial charge is 0.341 e. The average molecular weight is 320 g/mol. The zero-order chi connectivity index (χ0) is 16.1. The second kappa shape index (κ2) is 7.68. The van der Waals surface area contributed by atoms with Gasteiger partial charge in [0.25, 0.3) is 0 Å². The van der Waals surface area contributed by atoms with Crippen molar-refractivity contribution in [2.45, 2.75) is 32.1 Å². The van der Waals surface area contributed by atoms with Gasteiger partial charge in [0.05, 0.1) is 5.75 Å². The van der Waals surface area contributed by atoms with Crippen LogP contribution in [0.4, 0.5) is 0 Å². The number of amides is 2. The molecule has 0 aromatic heterocycles. The molecule has 1 heterocycles. The summed E-state index contributed by atoms with van der Waals surface area (Å²) in [5.41, 5.74) is 2.43. The molecule has 0 radical (unpaired) electrons. The van der Waals surface area contributed by atoms with Crippen LogP contribution in [-0.4, -0.2) is 53.5 Å². The van der Waals surface area contributed by atoms with Gasteiger partial charge >= 0.3 is 0 Å². The van der Waals surface area contributed by atoms with Gasteiger partial charge in [-0.05, 0) is 31.9 Å². The molecule has 22 heavy (non-hydrogen) atoms. The van der Waals surface area contributed by atoms with Crippen molar-refractivity contribution in [3.8, 4) is 0 Å². The van der Waals surface area contributed by atoms with E-state index < -0.39 is 0 Å². The van der Waals surface area contributed by atoms with Crippen molar-refractivity contribution in [3.05, 3.63) is 29.3 Å². The van der Waals surface area contributed by atoms with Crippen LogP contribution in [0.5, 0.6) is 0 Å². The maximum Gasteiger partial charge on any atom is 0.232 e. The van der Waals surface area contributed by atoms with Gasteiger partial charge in [-0.1, -0.05) is 17.7 Å². The van der Waals surface area contributed by atoms with Gasteiger partial charge in [0.1, 0.15) is 0 Å². The maximum absolute atomic E-state index is 12.4. The lowest BCUT2D eigenvalue weighted by molar-refractivity contribution is -0.130. The molecule has 5 heteroatoms. The second-order valence-corrected chi connectivity index (χ2v) is 6.82. The van der Waals surface area contributed by atoms with E-state index in [1.807, 2.05) is 9.80 Å². The monoisotopic (exact) mass is 320 g/mol. The Hall–Kier alpha value is -1.49. The van der Waals surface area contributed by atoms with Crippen LogP contribution in [0.1, 0.15) is 24.5 Å². The van der Waals surface area contributed by atoms with Crippen LogP contribution in [-0.2, 0) is 9.59 Å². The Morgan fingerprint density at radius 1 is 1.09 bits per heavy atom. The first-order valence-corrected chi connectivity index (χ1v) is 8.69. The van der Waals surface area contributed by atoms with E-state index in [0.29, 0.717) is 18.8 Å². The molecular formula is C17H24N2O2S. The highest BCUT2D eigenvalue weighted by Crippen LogP contribution is 2.24. The lowest BCUT2D eigenvalue weighted by Gasteiger charge is -2.21. The summed E-state index contributed by atoms with van der Waals surface area (Å²) in [5, 5.41) is 0. The Labute approximate surface area is 136 Å². The van der Waals surface area contributed by atoms with Gasteiger partial charge in [-0.25, -0.2) is 0 Å². The molecule has 2 amide bonds. The van der Waals surface area contributed by atoms with E-state index in [4.69, 9.17) is 0 Å². The minimum Gasteiger partial charge on any atom is -0.341 e. The van der Waals surface area contributed by atoms with E-state index in [2.05, 4.69) is 32.0 Å². The number of carbonyl (C=O) groups is 2. The number of nitrogens with zero attached hydrogens (tertiary/aromatic N) is 2. The zero-order valence-corrected chi connectivity index (χ0v) is 14.4. The number of thioether (sulfide) groups is 1. The van der Waals surface area contributed by atoms with Crippen LogP contribution in [0, 0.1) is 13.8 Å². The van der Waals surface area contributed by atoms with Crippen LogP contribution in [0.3, 0.4) is 0 Å². The van der Waals surface area contributed by atoms with Crippen molar-refractivity contribution in [2.75, 3.05) is 31.9 Å². The molecule has 0 bridgehead atoms. The third-order valence-electron chi connectivity index (χ3n) is 3.99. The Bertz CT molecular complexity index is 560. The molecule has 2 rings (SSSR count). The van der Waals surface area contributed by atoms with Gasteiger partial charge in [0.2, 0.25) is 11.8 Å². The molecule has 120 valence electrons. The number of carbonyl (C=O) groups excluding carboxylic acids is 2. The van der Waals surface area contributed by atoms with Crippen molar-refractivity contribution < 1.29 is 9.59 Å². The van der Waals surface area contributed by atoms with E-state index in [-0.39, 0.29) is 11.8 Å².